The second-order valence-corrected chi connectivity index (χ2v) is 7.04. The van der Waals surface area contributed by atoms with Gasteiger partial charge in [-0.2, -0.15) is 0 Å². The van der Waals surface area contributed by atoms with E-state index < -0.39 is 17.9 Å². The van der Waals surface area contributed by atoms with Crippen molar-refractivity contribution in [3.05, 3.63) is 54.4 Å². The number of hydrogen-bond acceptors (Lipinski definition) is 5. The molecule has 0 saturated carbocycles. The highest BCUT2D eigenvalue weighted by atomic mass is 16.5. The predicted octanol–water partition coefficient (Wildman–Crippen LogP) is 3.35. The summed E-state index contributed by atoms with van der Waals surface area (Å²) in [6.45, 7) is 4.53. The summed E-state index contributed by atoms with van der Waals surface area (Å²) in [5.74, 6) is -1.26. The lowest BCUT2D eigenvalue weighted by Crippen LogP contribution is -2.50. The van der Waals surface area contributed by atoms with E-state index in [4.69, 9.17) is 9.72 Å². The molecule has 29 heavy (non-hydrogen) atoms. The minimum Gasteiger partial charge on any atom is -0.465 e. The molecule has 4 rings (SSSR count). The molecule has 0 radical (unpaired) electrons. The first kappa shape index (κ1) is 19.1. The molecule has 1 amide bonds. The molecular weight excluding hydrogens is 368 g/mol. The highest BCUT2D eigenvalue weighted by Gasteiger charge is 2.48. The molecule has 0 saturated heterocycles. The van der Waals surface area contributed by atoms with Crippen LogP contribution in [0.5, 0.6) is 0 Å². The number of pyridine rings is 1. The van der Waals surface area contributed by atoms with Crippen molar-refractivity contribution >= 4 is 28.9 Å². The van der Waals surface area contributed by atoms with Crippen LogP contribution in [0.4, 0.5) is 5.95 Å². The second-order valence-electron chi connectivity index (χ2n) is 7.04. The molecular formula is C22H24N4O3. The van der Waals surface area contributed by atoms with Crippen LogP contribution in [-0.4, -0.2) is 39.6 Å². The predicted molar refractivity (Wildman–Crippen MR) is 109 cm³/mol. The van der Waals surface area contributed by atoms with Gasteiger partial charge in [-0.05, 0) is 37.6 Å². The maximum atomic E-state index is 13.5. The molecule has 1 aliphatic heterocycles. The van der Waals surface area contributed by atoms with Gasteiger partial charge >= 0.3 is 5.97 Å². The average Bonchev–Trinajstić information content (AvgIpc) is 3.12. The number of fused-ring (bicyclic) bond motifs is 3. The summed E-state index contributed by atoms with van der Waals surface area (Å²) in [5, 5.41) is 0. The number of hydrogen-bond donors (Lipinski definition) is 0. The normalized spacial score (nSPS) is 18.7. The van der Waals surface area contributed by atoms with Gasteiger partial charge in [0.1, 0.15) is 6.04 Å². The highest BCUT2D eigenvalue weighted by Crippen LogP contribution is 2.40. The number of aromatic nitrogens is 3. The lowest BCUT2D eigenvalue weighted by molar-refractivity contribution is -0.153. The Labute approximate surface area is 169 Å². The number of unbranched alkanes of at least 4 members (excludes halogenated alkanes) is 1. The Hall–Kier alpha value is -3.22. The van der Waals surface area contributed by atoms with Crippen molar-refractivity contribution in [1.82, 2.24) is 14.5 Å². The third-order valence-electron chi connectivity index (χ3n) is 5.21. The van der Waals surface area contributed by atoms with E-state index in [9.17, 15) is 9.59 Å². The van der Waals surface area contributed by atoms with E-state index in [0.717, 1.165) is 23.9 Å². The molecule has 0 spiro atoms. The van der Waals surface area contributed by atoms with Crippen molar-refractivity contribution < 1.29 is 14.3 Å². The van der Waals surface area contributed by atoms with E-state index in [0.29, 0.717) is 18.2 Å². The third-order valence-corrected chi connectivity index (χ3v) is 5.21. The molecule has 1 aromatic carbocycles. The van der Waals surface area contributed by atoms with E-state index in [-0.39, 0.29) is 12.5 Å². The summed E-state index contributed by atoms with van der Waals surface area (Å²) in [4.78, 5) is 37.3. The Morgan fingerprint density at radius 1 is 1.14 bits per heavy atom. The molecule has 1 aliphatic rings. The largest absolute Gasteiger partial charge is 0.465 e. The highest BCUT2D eigenvalue weighted by molar-refractivity contribution is 6.08. The molecule has 3 aromatic rings. The summed E-state index contributed by atoms with van der Waals surface area (Å²) >= 11 is 0. The molecule has 3 heterocycles. The van der Waals surface area contributed by atoms with E-state index in [1.165, 1.54) is 0 Å². The summed E-state index contributed by atoms with van der Waals surface area (Å²) in [7, 11) is 0. The topological polar surface area (TPSA) is 77.3 Å². The van der Waals surface area contributed by atoms with E-state index in [1.807, 2.05) is 47.0 Å². The lowest BCUT2D eigenvalue weighted by atomic mass is 9.92. The molecule has 7 heteroatoms. The van der Waals surface area contributed by atoms with Crippen molar-refractivity contribution in [2.45, 2.75) is 32.7 Å². The number of anilines is 1. The Morgan fingerprint density at radius 2 is 1.93 bits per heavy atom. The van der Waals surface area contributed by atoms with Gasteiger partial charge in [-0.25, -0.2) is 4.98 Å². The number of imidazole rings is 1. The zero-order valence-corrected chi connectivity index (χ0v) is 16.6. The van der Waals surface area contributed by atoms with E-state index in [1.54, 1.807) is 18.0 Å². The minimum atomic E-state index is -1.01. The Kier molecular flexibility index (Phi) is 5.29. The molecule has 150 valence electrons. The van der Waals surface area contributed by atoms with Crippen molar-refractivity contribution in [2.75, 3.05) is 18.1 Å². The first-order valence-electron chi connectivity index (χ1n) is 10.0. The fourth-order valence-electron chi connectivity index (χ4n) is 3.89. The molecule has 0 aliphatic carbocycles. The number of carbonyl (C=O) groups is 2. The minimum absolute atomic E-state index is 0.212. The smallest absolute Gasteiger partial charge is 0.321 e. The molecule has 0 bridgehead atoms. The van der Waals surface area contributed by atoms with Gasteiger partial charge in [0.2, 0.25) is 11.9 Å². The number of rotatable bonds is 6. The van der Waals surface area contributed by atoms with Gasteiger partial charge in [-0.1, -0.05) is 31.5 Å². The monoisotopic (exact) mass is 392 g/mol. The van der Waals surface area contributed by atoms with Gasteiger partial charge < -0.3 is 4.74 Å². The van der Waals surface area contributed by atoms with Crippen LogP contribution in [0.15, 0.2) is 48.7 Å². The van der Waals surface area contributed by atoms with Crippen molar-refractivity contribution in [2.24, 2.45) is 5.92 Å². The summed E-state index contributed by atoms with van der Waals surface area (Å²) in [6.07, 6.45) is 3.42. The molecule has 0 N–H and O–H groups in total. The Bertz CT molecular complexity index is 1030. The van der Waals surface area contributed by atoms with Crippen LogP contribution < -0.4 is 4.90 Å². The first-order valence-corrected chi connectivity index (χ1v) is 10.0. The van der Waals surface area contributed by atoms with Gasteiger partial charge in [-0.3, -0.25) is 24.0 Å². The Balaban J connectivity index is 1.97. The third kappa shape index (κ3) is 3.26. The first-order chi connectivity index (χ1) is 14.2. The summed E-state index contributed by atoms with van der Waals surface area (Å²) < 4.78 is 7.28. The molecule has 2 atom stereocenters. The fourth-order valence-corrected chi connectivity index (χ4v) is 3.89. The number of esters is 1. The second kappa shape index (κ2) is 8.03. The number of ether oxygens (including phenoxy) is 1. The lowest BCUT2D eigenvalue weighted by Gasteiger charge is -2.37. The van der Waals surface area contributed by atoms with Crippen molar-refractivity contribution in [3.63, 3.8) is 0 Å². The number of benzene rings is 1. The van der Waals surface area contributed by atoms with E-state index >= 15 is 0 Å². The molecule has 0 fully saturated rings. The maximum Gasteiger partial charge on any atom is 0.321 e. The van der Waals surface area contributed by atoms with Crippen LogP contribution in [-0.2, 0) is 14.3 Å². The SMILES string of the molecule is CCCCN1C(=O)[C@H](C(=O)OCC)[C@H](c2ccccn2)n2c1nc1ccccc12. The van der Waals surface area contributed by atoms with Crippen LogP contribution >= 0.6 is 0 Å². The molecule has 2 aromatic heterocycles. The van der Waals surface area contributed by atoms with Crippen LogP contribution in [0.25, 0.3) is 11.0 Å². The Morgan fingerprint density at radius 3 is 2.66 bits per heavy atom. The maximum absolute atomic E-state index is 13.5. The van der Waals surface area contributed by atoms with E-state index in [2.05, 4.69) is 11.9 Å². The number of nitrogens with zero attached hydrogens (tertiary/aromatic N) is 4. The molecule has 7 nitrogen and oxygen atoms in total. The van der Waals surface area contributed by atoms with Crippen LogP contribution in [0.3, 0.4) is 0 Å². The van der Waals surface area contributed by atoms with Gasteiger partial charge in [0.05, 0.1) is 23.3 Å². The molecule has 0 unspecified atom stereocenters. The average molecular weight is 392 g/mol. The van der Waals surface area contributed by atoms with Gasteiger partial charge in [0.15, 0.2) is 5.92 Å². The standard InChI is InChI=1S/C22H24N4O3/c1-3-5-14-25-20(27)18(21(28)29-4-2)19(16-11-8-9-13-23-16)26-17-12-7-6-10-15(17)24-22(25)26/h6-13,18-19H,3-5,14H2,1-2H3/t18-,19+/m1/s1. The fraction of sp³-hybridized carbons (Fsp3) is 0.364. The number of amides is 1. The van der Waals surface area contributed by atoms with Crippen LogP contribution in [0.2, 0.25) is 0 Å². The summed E-state index contributed by atoms with van der Waals surface area (Å²) in [5.41, 5.74) is 2.28. The summed E-state index contributed by atoms with van der Waals surface area (Å²) in [6, 6.07) is 12.6. The van der Waals surface area contributed by atoms with Crippen LogP contribution in [0.1, 0.15) is 38.4 Å². The van der Waals surface area contributed by atoms with Gasteiger partial charge in [-0.15, -0.1) is 0 Å². The van der Waals surface area contributed by atoms with Crippen molar-refractivity contribution in [3.8, 4) is 0 Å². The number of para-hydroxylation sites is 2. The van der Waals surface area contributed by atoms with Crippen molar-refractivity contribution in [1.29, 1.82) is 0 Å². The van der Waals surface area contributed by atoms with Crippen LogP contribution in [0, 0.1) is 5.92 Å². The van der Waals surface area contributed by atoms with Gasteiger partial charge in [0.25, 0.3) is 0 Å². The van der Waals surface area contributed by atoms with Gasteiger partial charge in [0, 0.05) is 12.7 Å². The number of carbonyl (C=O) groups excluding carboxylic acids is 2. The zero-order chi connectivity index (χ0) is 20.4. The zero-order valence-electron chi connectivity index (χ0n) is 16.6. The quantitative estimate of drug-likeness (QED) is 0.475.